The van der Waals surface area contributed by atoms with Gasteiger partial charge in [0.05, 0.1) is 18.3 Å². The van der Waals surface area contributed by atoms with Crippen LogP contribution >= 0.6 is 0 Å². The van der Waals surface area contributed by atoms with Crippen LogP contribution in [-0.2, 0) is 4.74 Å². The van der Waals surface area contributed by atoms with Crippen LogP contribution in [0, 0.1) is 11.3 Å². The number of morpholine rings is 1. The van der Waals surface area contributed by atoms with Gasteiger partial charge >= 0.3 is 0 Å². The third-order valence-corrected chi connectivity index (χ3v) is 3.85. The lowest BCUT2D eigenvalue weighted by molar-refractivity contribution is -0.0748. The summed E-state index contributed by atoms with van der Waals surface area (Å²) in [5.74, 6) is 0. The highest BCUT2D eigenvalue weighted by atomic mass is 16.5. The Kier molecular flexibility index (Phi) is 3.47. The summed E-state index contributed by atoms with van der Waals surface area (Å²) in [5.41, 5.74) is 2.14. The molecule has 3 rings (SSSR count). The molecule has 20 heavy (non-hydrogen) atoms. The molecule has 1 aromatic heterocycles. The summed E-state index contributed by atoms with van der Waals surface area (Å²) in [6.45, 7) is 5.71. The van der Waals surface area contributed by atoms with Gasteiger partial charge in [-0.2, -0.15) is 5.26 Å². The van der Waals surface area contributed by atoms with E-state index in [1.807, 2.05) is 24.4 Å². The van der Waals surface area contributed by atoms with Crippen LogP contribution < -0.4 is 0 Å². The lowest BCUT2D eigenvalue weighted by Gasteiger charge is -2.37. The second-order valence-electron chi connectivity index (χ2n) is 5.53. The summed E-state index contributed by atoms with van der Waals surface area (Å²) < 4.78 is 5.76. The van der Waals surface area contributed by atoms with E-state index in [0.29, 0.717) is 0 Å². The summed E-state index contributed by atoms with van der Waals surface area (Å²) in [7, 11) is 0. The van der Waals surface area contributed by atoms with E-state index in [1.54, 1.807) is 0 Å². The quantitative estimate of drug-likeness (QED) is 0.912. The van der Waals surface area contributed by atoms with Crippen LogP contribution in [0.25, 0.3) is 10.9 Å². The van der Waals surface area contributed by atoms with Crippen molar-refractivity contribution in [3.05, 3.63) is 36.0 Å². The van der Waals surface area contributed by atoms with E-state index >= 15 is 0 Å². The van der Waals surface area contributed by atoms with Crippen molar-refractivity contribution in [1.29, 1.82) is 5.26 Å². The van der Waals surface area contributed by atoms with E-state index < -0.39 is 0 Å². The fourth-order valence-electron chi connectivity index (χ4n) is 3.10. The van der Waals surface area contributed by atoms with Crippen molar-refractivity contribution in [1.82, 2.24) is 9.88 Å². The van der Waals surface area contributed by atoms with Crippen molar-refractivity contribution in [3.63, 3.8) is 0 Å². The SMILES string of the molecule is CC1CN(C(C#N)c2c[nH]c3ccccc23)CC(C)O1. The zero-order valence-corrected chi connectivity index (χ0v) is 11.8. The molecular weight excluding hydrogens is 250 g/mol. The van der Waals surface area contributed by atoms with Crippen LogP contribution in [0.15, 0.2) is 30.5 Å². The fourth-order valence-corrected chi connectivity index (χ4v) is 3.10. The second kappa shape index (κ2) is 5.28. The van der Waals surface area contributed by atoms with Gasteiger partial charge in [0, 0.05) is 35.8 Å². The predicted octanol–water partition coefficient (Wildman–Crippen LogP) is 2.84. The Morgan fingerprint density at radius 3 is 2.70 bits per heavy atom. The van der Waals surface area contributed by atoms with Gasteiger partial charge in [-0.25, -0.2) is 0 Å². The van der Waals surface area contributed by atoms with Crippen molar-refractivity contribution in [2.45, 2.75) is 32.1 Å². The Bertz CT molecular complexity index is 632. The molecule has 2 aromatic rings. The number of nitrogens with zero attached hydrogens (tertiary/aromatic N) is 2. The molecule has 3 atom stereocenters. The van der Waals surface area contributed by atoms with Crippen LogP contribution in [0.5, 0.6) is 0 Å². The summed E-state index contributed by atoms with van der Waals surface area (Å²) in [6, 6.07) is 10.4. The minimum atomic E-state index is -0.222. The standard InChI is InChI=1S/C16H19N3O/c1-11-9-19(10-12(2)20-11)16(7-17)14-8-18-15-6-4-3-5-13(14)15/h3-6,8,11-12,16,18H,9-10H2,1-2H3. The summed E-state index contributed by atoms with van der Waals surface area (Å²) in [5, 5.41) is 10.8. The van der Waals surface area contributed by atoms with E-state index in [9.17, 15) is 5.26 Å². The van der Waals surface area contributed by atoms with E-state index in [-0.39, 0.29) is 18.2 Å². The first kappa shape index (κ1) is 13.2. The molecule has 0 amide bonds. The van der Waals surface area contributed by atoms with Gasteiger partial charge in [-0.15, -0.1) is 0 Å². The molecule has 3 unspecified atom stereocenters. The third kappa shape index (κ3) is 2.31. The number of fused-ring (bicyclic) bond motifs is 1. The van der Waals surface area contributed by atoms with Gasteiger partial charge < -0.3 is 9.72 Å². The summed E-state index contributed by atoms with van der Waals surface area (Å²) >= 11 is 0. The number of para-hydroxylation sites is 1. The maximum Gasteiger partial charge on any atom is 0.126 e. The van der Waals surface area contributed by atoms with Gasteiger partial charge in [0.1, 0.15) is 6.04 Å². The molecule has 1 aromatic carbocycles. The van der Waals surface area contributed by atoms with Crippen LogP contribution in [0.2, 0.25) is 0 Å². The second-order valence-corrected chi connectivity index (χ2v) is 5.53. The van der Waals surface area contributed by atoms with Crippen molar-refractivity contribution in [2.24, 2.45) is 0 Å². The number of benzene rings is 1. The smallest absolute Gasteiger partial charge is 0.126 e. The molecule has 4 heteroatoms. The molecule has 104 valence electrons. The van der Waals surface area contributed by atoms with Crippen LogP contribution in [-0.4, -0.2) is 35.2 Å². The maximum atomic E-state index is 9.64. The average Bonchev–Trinajstić information content (AvgIpc) is 2.83. The van der Waals surface area contributed by atoms with Crippen molar-refractivity contribution in [3.8, 4) is 6.07 Å². The normalized spacial score (nSPS) is 25.4. The maximum absolute atomic E-state index is 9.64. The van der Waals surface area contributed by atoms with Crippen molar-refractivity contribution in [2.75, 3.05) is 13.1 Å². The molecule has 1 saturated heterocycles. The van der Waals surface area contributed by atoms with Gasteiger partial charge in [-0.05, 0) is 19.9 Å². The molecule has 1 aliphatic heterocycles. The number of ether oxygens (including phenoxy) is 1. The Morgan fingerprint density at radius 1 is 1.30 bits per heavy atom. The zero-order valence-electron chi connectivity index (χ0n) is 11.8. The molecule has 0 radical (unpaired) electrons. The molecule has 0 bridgehead atoms. The van der Waals surface area contributed by atoms with E-state index in [4.69, 9.17) is 4.74 Å². The van der Waals surface area contributed by atoms with Gasteiger partial charge in [0.2, 0.25) is 0 Å². The molecular formula is C16H19N3O. The highest BCUT2D eigenvalue weighted by Crippen LogP contribution is 2.29. The number of nitriles is 1. The largest absolute Gasteiger partial charge is 0.373 e. The number of hydrogen-bond donors (Lipinski definition) is 1. The first-order chi connectivity index (χ1) is 9.69. The number of H-pyrrole nitrogens is 1. The molecule has 2 heterocycles. The topological polar surface area (TPSA) is 52.0 Å². The van der Waals surface area contributed by atoms with Crippen molar-refractivity contribution >= 4 is 10.9 Å². The Hall–Kier alpha value is -1.83. The molecule has 1 fully saturated rings. The number of aromatic amines is 1. The predicted molar refractivity (Wildman–Crippen MR) is 78.2 cm³/mol. The molecule has 1 N–H and O–H groups in total. The lowest BCUT2D eigenvalue weighted by Crippen LogP contribution is -2.46. The first-order valence-electron chi connectivity index (χ1n) is 7.04. The van der Waals surface area contributed by atoms with E-state index in [2.05, 4.69) is 35.9 Å². The zero-order chi connectivity index (χ0) is 14.1. The number of rotatable bonds is 2. The molecule has 0 saturated carbocycles. The molecule has 1 aliphatic rings. The summed E-state index contributed by atoms with van der Waals surface area (Å²) in [4.78, 5) is 5.47. The Balaban J connectivity index is 1.96. The highest BCUT2D eigenvalue weighted by molar-refractivity contribution is 5.83. The molecule has 4 nitrogen and oxygen atoms in total. The lowest BCUT2D eigenvalue weighted by atomic mass is 10.0. The Morgan fingerprint density at radius 2 is 2.00 bits per heavy atom. The average molecular weight is 269 g/mol. The first-order valence-corrected chi connectivity index (χ1v) is 7.04. The monoisotopic (exact) mass is 269 g/mol. The van der Waals surface area contributed by atoms with Crippen LogP contribution in [0.1, 0.15) is 25.5 Å². The van der Waals surface area contributed by atoms with Gasteiger partial charge in [-0.3, -0.25) is 4.90 Å². The van der Waals surface area contributed by atoms with Crippen LogP contribution in [0.4, 0.5) is 0 Å². The van der Waals surface area contributed by atoms with Crippen molar-refractivity contribution < 1.29 is 4.74 Å². The number of hydrogen-bond acceptors (Lipinski definition) is 3. The summed E-state index contributed by atoms with van der Waals surface area (Å²) in [6.07, 6.45) is 2.29. The van der Waals surface area contributed by atoms with E-state index in [0.717, 1.165) is 29.6 Å². The highest BCUT2D eigenvalue weighted by Gasteiger charge is 2.30. The van der Waals surface area contributed by atoms with Gasteiger partial charge in [0.25, 0.3) is 0 Å². The fraction of sp³-hybridized carbons (Fsp3) is 0.438. The third-order valence-electron chi connectivity index (χ3n) is 3.85. The minimum absolute atomic E-state index is 0.166. The van der Waals surface area contributed by atoms with Gasteiger partial charge in [-0.1, -0.05) is 18.2 Å². The Labute approximate surface area is 119 Å². The molecule has 0 spiro atoms. The number of nitrogens with one attached hydrogen (secondary N) is 1. The number of aromatic nitrogens is 1. The van der Waals surface area contributed by atoms with Crippen LogP contribution in [0.3, 0.4) is 0 Å². The van der Waals surface area contributed by atoms with E-state index in [1.165, 1.54) is 0 Å². The van der Waals surface area contributed by atoms with Gasteiger partial charge in [0.15, 0.2) is 0 Å². The molecule has 0 aliphatic carbocycles. The minimum Gasteiger partial charge on any atom is -0.373 e.